The zero-order chi connectivity index (χ0) is 22.9. The summed E-state index contributed by atoms with van der Waals surface area (Å²) in [5, 5.41) is 16.9. The zero-order valence-electron chi connectivity index (χ0n) is 17.6. The van der Waals surface area contributed by atoms with Gasteiger partial charge in [0, 0.05) is 36.7 Å². The highest BCUT2D eigenvalue weighted by atomic mass is 32.1. The van der Waals surface area contributed by atoms with Gasteiger partial charge >= 0.3 is 0 Å². The molecule has 0 radical (unpaired) electrons. The van der Waals surface area contributed by atoms with Crippen molar-refractivity contribution in [3.05, 3.63) is 75.8 Å². The third-order valence-electron chi connectivity index (χ3n) is 4.59. The Morgan fingerprint density at radius 1 is 1.25 bits per heavy atom. The summed E-state index contributed by atoms with van der Waals surface area (Å²) in [4.78, 5) is 22.5. The van der Waals surface area contributed by atoms with Gasteiger partial charge in [-0.3, -0.25) is 20.0 Å². The van der Waals surface area contributed by atoms with Crippen LogP contribution in [0.2, 0.25) is 0 Å². The molecule has 0 fully saturated rings. The molecule has 0 spiro atoms. The molecule has 3 rings (SSSR count). The third-order valence-corrected chi connectivity index (χ3v) is 5.74. The first-order valence-corrected chi connectivity index (χ1v) is 10.7. The molecule has 32 heavy (non-hydrogen) atoms. The van der Waals surface area contributed by atoms with E-state index < -0.39 is 11.8 Å². The average Bonchev–Trinajstić information content (AvgIpc) is 3.23. The van der Waals surface area contributed by atoms with E-state index in [0.29, 0.717) is 27.8 Å². The topological polar surface area (TPSA) is 163 Å². The second-order valence-corrected chi connectivity index (χ2v) is 7.94. The Morgan fingerprint density at radius 2 is 2.09 bits per heavy atom. The SMILES string of the molecule is CC(=N)C(c1ccccn1)c1nc(C(C=N)C=NCc2cccnc2)c(C(N)=NCN)s1. The summed E-state index contributed by atoms with van der Waals surface area (Å²) in [5.74, 6) is -0.673. The lowest BCUT2D eigenvalue weighted by molar-refractivity contribution is 0.942. The van der Waals surface area contributed by atoms with Crippen LogP contribution in [-0.2, 0) is 6.54 Å². The van der Waals surface area contributed by atoms with Gasteiger partial charge in [0.25, 0.3) is 0 Å². The number of hydrogen-bond donors (Lipinski definition) is 4. The van der Waals surface area contributed by atoms with Crippen molar-refractivity contribution in [3.8, 4) is 0 Å². The van der Waals surface area contributed by atoms with Gasteiger partial charge < -0.3 is 22.3 Å². The van der Waals surface area contributed by atoms with E-state index in [1.165, 1.54) is 17.6 Å². The lowest BCUT2D eigenvalue weighted by Gasteiger charge is -2.12. The zero-order valence-corrected chi connectivity index (χ0v) is 18.5. The minimum absolute atomic E-state index is 0.0378. The Balaban J connectivity index is 2.01. The first kappa shape index (κ1) is 23.0. The predicted octanol–water partition coefficient (Wildman–Crippen LogP) is 2.73. The van der Waals surface area contributed by atoms with Crippen molar-refractivity contribution in [1.82, 2.24) is 15.0 Å². The largest absolute Gasteiger partial charge is 0.383 e. The molecular weight excluding hydrogens is 422 g/mol. The molecule has 0 aliphatic carbocycles. The van der Waals surface area contributed by atoms with Crippen molar-refractivity contribution < 1.29 is 0 Å². The number of pyridine rings is 2. The van der Waals surface area contributed by atoms with E-state index in [4.69, 9.17) is 27.3 Å². The molecule has 164 valence electrons. The summed E-state index contributed by atoms with van der Waals surface area (Å²) in [5.41, 5.74) is 14.4. The fraction of sp³-hybridized carbons (Fsp3) is 0.227. The molecule has 3 aromatic rings. The first-order valence-electron chi connectivity index (χ1n) is 9.91. The second kappa shape index (κ2) is 11.1. The molecule has 0 saturated carbocycles. The van der Waals surface area contributed by atoms with Crippen molar-refractivity contribution in [2.75, 3.05) is 6.67 Å². The Bertz CT molecular complexity index is 1110. The van der Waals surface area contributed by atoms with E-state index in [1.807, 2.05) is 30.3 Å². The van der Waals surface area contributed by atoms with E-state index in [0.717, 1.165) is 11.3 Å². The van der Waals surface area contributed by atoms with Crippen LogP contribution in [0.4, 0.5) is 0 Å². The Labute approximate surface area is 190 Å². The van der Waals surface area contributed by atoms with Gasteiger partial charge in [-0.25, -0.2) is 4.98 Å². The number of nitrogens with two attached hydrogens (primary N) is 2. The highest BCUT2D eigenvalue weighted by Crippen LogP contribution is 2.32. The summed E-state index contributed by atoms with van der Waals surface area (Å²) in [6.45, 7) is 2.20. The van der Waals surface area contributed by atoms with E-state index in [1.54, 1.807) is 31.7 Å². The van der Waals surface area contributed by atoms with Crippen LogP contribution in [0.1, 0.15) is 45.6 Å². The third kappa shape index (κ3) is 5.54. The van der Waals surface area contributed by atoms with Gasteiger partial charge in [0.1, 0.15) is 10.8 Å². The standard InChI is InChI=1S/C22H25N9S/c1-14(25)18(17-6-2-3-8-29-17)22-31-19(20(32-22)21(26)30-13-24)16(9-23)12-28-11-15-5-4-7-27-10-15/h2-10,12,16,18,23,25H,11,13,24H2,1H3,(H2,26,30). The molecule has 10 heteroatoms. The number of aromatic nitrogens is 3. The summed E-state index contributed by atoms with van der Waals surface area (Å²) in [7, 11) is 0. The number of nitrogens with zero attached hydrogens (tertiary/aromatic N) is 5. The molecule has 0 aliphatic heterocycles. The lowest BCUT2D eigenvalue weighted by Crippen LogP contribution is -2.18. The van der Waals surface area contributed by atoms with E-state index in [9.17, 15) is 0 Å². The molecule has 0 aliphatic rings. The number of aliphatic imine (C=N–C) groups is 2. The summed E-state index contributed by atoms with van der Waals surface area (Å²) in [6, 6.07) is 9.36. The Hall–Kier alpha value is -3.63. The van der Waals surface area contributed by atoms with Gasteiger partial charge in [0.15, 0.2) is 0 Å². The minimum atomic E-state index is -0.506. The number of thiazole rings is 1. The lowest BCUT2D eigenvalue weighted by atomic mass is 10.00. The number of amidine groups is 1. The van der Waals surface area contributed by atoms with Gasteiger partial charge in [-0.15, -0.1) is 11.3 Å². The van der Waals surface area contributed by atoms with Crippen LogP contribution in [0, 0.1) is 10.8 Å². The molecule has 0 bridgehead atoms. The average molecular weight is 448 g/mol. The molecule has 2 unspecified atom stereocenters. The molecule has 0 saturated heterocycles. The number of nitrogens with one attached hydrogen (secondary N) is 2. The highest BCUT2D eigenvalue weighted by Gasteiger charge is 2.27. The number of hydrogen-bond acceptors (Lipinski definition) is 9. The monoisotopic (exact) mass is 447 g/mol. The van der Waals surface area contributed by atoms with Gasteiger partial charge in [-0.1, -0.05) is 12.1 Å². The van der Waals surface area contributed by atoms with E-state index >= 15 is 0 Å². The predicted molar refractivity (Wildman–Crippen MR) is 129 cm³/mol. The summed E-state index contributed by atoms with van der Waals surface area (Å²) in [6.07, 6.45) is 8.08. The van der Waals surface area contributed by atoms with Crippen LogP contribution in [0.3, 0.4) is 0 Å². The maximum Gasteiger partial charge on any atom is 0.139 e. The van der Waals surface area contributed by atoms with E-state index in [-0.39, 0.29) is 12.5 Å². The second-order valence-electron chi connectivity index (χ2n) is 6.91. The van der Waals surface area contributed by atoms with Crippen LogP contribution in [-0.4, -0.2) is 45.6 Å². The summed E-state index contributed by atoms with van der Waals surface area (Å²) >= 11 is 1.33. The fourth-order valence-corrected chi connectivity index (χ4v) is 4.31. The molecule has 0 aromatic carbocycles. The summed E-state index contributed by atoms with van der Waals surface area (Å²) < 4.78 is 0. The van der Waals surface area contributed by atoms with Crippen molar-refractivity contribution in [2.45, 2.75) is 25.3 Å². The molecule has 9 nitrogen and oxygen atoms in total. The van der Waals surface area contributed by atoms with Crippen molar-refractivity contribution >= 4 is 35.3 Å². The number of rotatable bonds is 10. The molecule has 0 amide bonds. The minimum Gasteiger partial charge on any atom is -0.383 e. The maximum atomic E-state index is 8.32. The van der Waals surface area contributed by atoms with Gasteiger partial charge in [0.05, 0.1) is 41.3 Å². The van der Waals surface area contributed by atoms with Gasteiger partial charge in [-0.2, -0.15) is 0 Å². The highest BCUT2D eigenvalue weighted by molar-refractivity contribution is 7.14. The quantitative estimate of drug-likeness (QED) is 0.277. The normalized spacial score (nSPS) is 13.8. The van der Waals surface area contributed by atoms with Crippen LogP contribution in [0.25, 0.3) is 0 Å². The smallest absolute Gasteiger partial charge is 0.139 e. The molecule has 3 heterocycles. The molecule has 6 N–H and O–H groups in total. The maximum absolute atomic E-state index is 8.32. The van der Waals surface area contributed by atoms with E-state index in [2.05, 4.69) is 20.0 Å². The van der Waals surface area contributed by atoms with Crippen molar-refractivity contribution in [3.63, 3.8) is 0 Å². The Morgan fingerprint density at radius 3 is 2.72 bits per heavy atom. The van der Waals surface area contributed by atoms with Gasteiger partial charge in [-0.05, 0) is 30.7 Å². The Kier molecular flexibility index (Phi) is 8.01. The van der Waals surface area contributed by atoms with Crippen LogP contribution < -0.4 is 11.5 Å². The van der Waals surface area contributed by atoms with Crippen LogP contribution >= 0.6 is 11.3 Å². The van der Waals surface area contributed by atoms with Crippen LogP contribution in [0.15, 0.2) is 58.9 Å². The van der Waals surface area contributed by atoms with Crippen LogP contribution in [0.5, 0.6) is 0 Å². The first-order chi connectivity index (χ1) is 15.5. The van der Waals surface area contributed by atoms with Gasteiger partial charge in [0.2, 0.25) is 0 Å². The molecular formula is C22H25N9S. The molecule has 3 aromatic heterocycles. The van der Waals surface area contributed by atoms with Crippen molar-refractivity contribution in [2.24, 2.45) is 21.5 Å². The van der Waals surface area contributed by atoms with Crippen molar-refractivity contribution in [1.29, 1.82) is 10.8 Å². The molecule has 2 atom stereocenters. The fourth-order valence-electron chi connectivity index (χ4n) is 3.09.